The minimum absolute atomic E-state index is 0.0363. The minimum atomic E-state index is -1.51. The molecule has 1 heterocycles. The molecule has 1 aromatic carbocycles. The number of benzene rings is 1. The van der Waals surface area contributed by atoms with E-state index in [4.69, 9.17) is 4.74 Å². The molecule has 21 heavy (non-hydrogen) atoms. The van der Waals surface area contributed by atoms with E-state index in [1.54, 1.807) is 12.1 Å². The highest BCUT2D eigenvalue weighted by Crippen LogP contribution is 2.18. The molecule has 1 aliphatic rings. The number of aliphatic hydroxyl groups is 1. The fourth-order valence-electron chi connectivity index (χ4n) is 2.01. The van der Waals surface area contributed by atoms with Crippen LogP contribution in [0.3, 0.4) is 0 Å². The summed E-state index contributed by atoms with van der Waals surface area (Å²) in [7, 11) is 0. The van der Waals surface area contributed by atoms with Gasteiger partial charge in [0.15, 0.2) is 0 Å². The van der Waals surface area contributed by atoms with E-state index < -0.39 is 30.1 Å². The Morgan fingerprint density at radius 3 is 2.67 bits per heavy atom. The summed E-state index contributed by atoms with van der Waals surface area (Å²) in [4.78, 5) is 34.7. The normalized spacial score (nSPS) is 21.6. The summed E-state index contributed by atoms with van der Waals surface area (Å²) in [6, 6.07) is 9.05. The molecule has 1 unspecified atom stereocenters. The van der Waals surface area contributed by atoms with Crippen LogP contribution in [-0.4, -0.2) is 35.2 Å². The van der Waals surface area contributed by atoms with Gasteiger partial charge in [0.25, 0.3) is 5.91 Å². The second-order valence-electron chi connectivity index (χ2n) is 4.80. The zero-order valence-corrected chi connectivity index (χ0v) is 11.3. The number of hydrogen-bond donors (Lipinski definition) is 3. The standard InChI is InChI=1S/C14H16N2O5/c17-9-14(7-6-11(18)15-12(14)19)16-13(20)21-8-10-4-2-1-3-5-10/h1-5,17H,6-9H2,(H,16,20)(H,15,18,19). The van der Waals surface area contributed by atoms with Crippen molar-refractivity contribution in [2.45, 2.75) is 25.0 Å². The van der Waals surface area contributed by atoms with E-state index in [0.717, 1.165) is 5.56 Å². The molecule has 112 valence electrons. The summed E-state index contributed by atoms with van der Waals surface area (Å²) in [6.45, 7) is -0.554. The van der Waals surface area contributed by atoms with Crippen LogP contribution in [0.1, 0.15) is 18.4 Å². The molecule has 0 radical (unpaired) electrons. The first-order valence-electron chi connectivity index (χ1n) is 6.50. The molecule has 3 N–H and O–H groups in total. The lowest BCUT2D eigenvalue weighted by atomic mass is 9.90. The van der Waals surface area contributed by atoms with Gasteiger partial charge in [-0.3, -0.25) is 14.9 Å². The van der Waals surface area contributed by atoms with Crippen LogP contribution in [0.5, 0.6) is 0 Å². The van der Waals surface area contributed by atoms with E-state index >= 15 is 0 Å². The van der Waals surface area contributed by atoms with E-state index in [1.807, 2.05) is 18.2 Å². The Labute approximate surface area is 121 Å². The van der Waals surface area contributed by atoms with Crippen LogP contribution in [0.2, 0.25) is 0 Å². The number of carbonyl (C=O) groups excluding carboxylic acids is 3. The van der Waals surface area contributed by atoms with Crippen LogP contribution in [-0.2, 0) is 20.9 Å². The number of nitrogens with one attached hydrogen (secondary N) is 2. The van der Waals surface area contributed by atoms with Gasteiger partial charge in [0.1, 0.15) is 12.1 Å². The van der Waals surface area contributed by atoms with Crippen LogP contribution >= 0.6 is 0 Å². The predicted octanol–water partition coefficient (Wildman–Crippen LogP) is 0.0805. The Morgan fingerprint density at radius 2 is 2.05 bits per heavy atom. The second-order valence-corrected chi connectivity index (χ2v) is 4.80. The van der Waals surface area contributed by atoms with E-state index in [1.165, 1.54) is 0 Å². The van der Waals surface area contributed by atoms with E-state index in [0.29, 0.717) is 0 Å². The summed E-state index contributed by atoms with van der Waals surface area (Å²) in [5.74, 6) is -1.15. The molecular weight excluding hydrogens is 276 g/mol. The zero-order valence-electron chi connectivity index (χ0n) is 11.3. The Kier molecular flexibility index (Phi) is 4.54. The van der Waals surface area contributed by atoms with Crippen LogP contribution < -0.4 is 10.6 Å². The van der Waals surface area contributed by atoms with Crippen molar-refractivity contribution in [3.05, 3.63) is 35.9 Å². The number of imide groups is 1. The molecular formula is C14H16N2O5. The van der Waals surface area contributed by atoms with Gasteiger partial charge >= 0.3 is 6.09 Å². The van der Waals surface area contributed by atoms with Crippen molar-refractivity contribution in [1.29, 1.82) is 0 Å². The molecule has 7 nitrogen and oxygen atoms in total. The molecule has 0 aliphatic carbocycles. The average Bonchev–Trinajstić information content (AvgIpc) is 2.49. The molecule has 7 heteroatoms. The van der Waals surface area contributed by atoms with Gasteiger partial charge in [0, 0.05) is 6.42 Å². The summed E-state index contributed by atoms with van der Waals surface area (Å²) < 4.78 is 5.01. The van der Waals surface area contributed by atoms with Crippen molar-refractivity contribution in [2.24, 2.45) is 0 Å². The van der Waals surface area contributed by atoms with Crippen LogP contribution in [0.4, 0.5) is 4.79 Å². The predicted molar refractivity (Wildman–Crippen MR) is 72.0 cm³/mol. The molecule has 1 aliphatic heterocycles. The molecule has 0 saturated carbocycles. The molecule has 1 aromatic rings. The van der Waals surface area contributed by atoms with Crippen molar-refractivity contribution >= 4 is 17.9 Å². The summed E-state index contributed by atoms with van der Waals surface area (Å²) in [5.41, 5.74) is -0.712. The smallest absolute Gasteiger partial charge is 0.408 e. The number of amides is 3. The molecule has 0 aromatic heterocycles. The maximum Gasteiger partial charge on any atom is 0.408 e. The fourth-order valence-corrected chi connectivity index (χ4v) is 2.01. The van der Waals surface area contributed by atoms with Crippen molar-refractivity contribution in [3.63, 3.8) is 0 Å². The lowest BCUT2D eigenvalue weighted by Gasteiger charge is -2.33. The van der Waals surface area contributed by atoms with Gasteiger partial charge in [0.05, 0.1) is 6.61 Å². The number of alkyl carbamates (subject to hydrolysis) is 1. The molecule has 1 saturated heterocycles. The fraction of sp³-hybridized carbons (Fsp3) is 0.357. The lowest BCUT2D eigenvalue weighted by Crippen LogP contribution is -2.65. The second kappa shape index (κ2) is 6.36. The van der Waals surface area contributed by atoms with E-state index in [9.17, 15) is 19.5 Å². The van der Waals surface area contributed by atoms with Crippen molar-refractivity contribution < 1.29 is 24.2 Å². The Morgan fingerprint density at radius 1 is 1.33 bits per heavy atom. The zero-order chi connectivity index (χ0) is 15.3. The van der Waals surface area contributed by atoms with Crippen molar-refractivity contribution in [3.8, 4) is 0 Å². The first-order chi connectivity index (χ1) is 10.1. The van der Waals surface area contributed by atoms with Crippen LogP contribution in [0.25, 0.3) is 0 Å². The maximum atomic E-state index is 11.8. The van der Waals surface area contributed by atoms with Gasteiger partial charge in [-0.2, -0.15) is 0 Å². The number of carbonyl (C=O) groups is 3. The van der Waals surface area contributed by atoms with Crippen LogP contribution in [0.15, 0.2) is 30.3 Å². The first kappa shape index (κ1) is 15.0. The van der Waals surface area contributed by atoms with Crippen molar-refractivity contribution in [2.75, 3.05) is 6.61 Å². The Balaban J connectivity index is 1.94. The number of piperidine rings is 1. The van der Waals surface area contributed by atoms with Crippen molar-refractivity contribution in [1.82, 2.24) is 10.6 Å². The molecule has 1 atom stereocenters. The van der Waals surface area contributed by atoms with Gasteiger partial charge in [-0.05, 0) is 12.0 Å². The third-order valence-corrected chi connectivity index (χ3v) is 3.29. The SMILES string of the molecule is O=C1CCC(CO)(NC(=O)OCc2ccccc2)C(=O)N1. The highest BCUT2D eigenvalue weighted by molar-refractivity contribution is 6.04. The average molecular weight is 292 g/mol. The summed E-state index contributed by atoms with van der Waals surface area (Å²) >= 11 is 0. The molecule has 3 amide bonds. The quantitative estimate of drug-likeness (QED) is 0.682. The first-order valence-corrected chi connectivity index (χ1v) is 6.50. The van der Waals surface area contributed by atoms with Gasteiger partial charge in [-0.15, -0.1) is 0 Å². The lowest BCUT2D eigenvalue weighted by molar-refractivity contribution is -0.140. The highest BCUT2D eigenvalue weighted by Gasteiger charge is 2.44. The third kappa shape index (κ3) is 3.57. The number of hydrogen-bond acceptors (Lipinski definition) is 5. The number of rotatable bonds is 4. The summed E-state index contributed by atoms with van der Waals surface area (Å²) in [6.07, 6.45) is -0.739. The van der Waals surface area contributed by atoms with Crippen LogP contribution in [0, 0.1) is 0 Å². The van der Waals surface area contributed by atoms with E-state index in [-0.39, 0.29) is 19.4 Å². The van der Waals surface area contributed by atoms with Gasteiger partial charge in [0.2, 0.25) is 5.91 Å². The van der Waals surface area contributed by atoms with Gasteiger partial charge < -0.3 is 15.2 Å². The van der Waals surface area contributed by atoms with Gasteiger partial charge in [-0.25, -0.2) is 4.79 Å². The molecule has 0 spiro atoms. The minimum Gasteiger partial charge on any atom is -0.445 e. The molecule has 2 rings (SSSR count). The maximum absolute atomic E-state index is 11.8. The monoisotopic (exact) mass is 292 g/mol. The topological polar surface area (TPSA) is 105 Å². The summed E-state index contributed by atoms with van der Waals surface area (Å²) in [5, 5.41) is 13.8. The van der Waals surface area contributed by atoms with Gasteiger partial charge in [-0.1, -0.05) is 30.3 Å². The number of aliphatic hydroxyl groups excluding tert-OH is 1. The third-order valence-electron chi connectivity index (χ3n) is 3.29. The Bertz CT molecular complexity index is 546. The molecule has 0 bridgehead atoms. The Hall–Kier alpha value is -2.41. The highest BCUT2D eigenvalue weighted by atomic mass is 16.5. The molecule has 1 fully saturated rings. The number of ether oxygens (including phenoxy) is 1. The largest absolute Gasteiger partial charge is 0.445 e. The van der Waals surface area contributed by atoms with E-state index in [2.05, 4.69) is 10.6 Å².